The molecule has 2 amide bonds. The van der Waals surface area contributed by atoms with Crippen molar-refractivity contribution in [2.75, 3.05) is 23.7 Å². The van der Waals surface area contributed by atoms with E-state index in [1.54, 1.807) is 19.1 Å². The summed E-state index contributed by atoms with van der Waals surface area (Å²) in [5.74, 6) is -0.479. The molecule has 0 unspecified atom stereocenters. The van der Waals surface area contributed by atoms with Gasteiger partial charge < -0.3 is 10.2 Å². The van der Waals surface area contributed by atoms with Crippen molar-refractivity contribution in [2.24, 2.45) is 5.92 Å². The summed E-state index contributed by atoms with van der Waals surface area (Å²) in [6.45, 7) is 9.72. The number of sulfonamides is 1. The first-order chi connectivity index (χ1) is 15.8. The largest absolute Gasteiger partial charge is 0.354 e. The summed E-state index contributed by atoms with van der Waals surface area (Å²) in [7, 11) is -3.74. The summed E-state index contributed by atoms with van der Waals surface area (Å²) in [5.41, 5.74) is 3.19. The van der Waals surface area contributed by atoms with Gasteiger partial charge in [0.1, 0.15) is 12.6 Å². The first-order valence-corrected chi connectivity index (χ1v) is 13.8. The molecule has 0 bridgehead atoms. The van der Waals surface area contributed by atoms with Crippen molar-refractivity contribution in [3.8, 4) is 0 Å². The molecule has 0 radical (unpaired) electrons. The maximum absolute atomic E-state index is 13.5. The van der Waals surface area contributed by atoms with Crippen LogP contribution in [-0.2, 0) is 26.2 Å². The standard InChI is InChI=1S/C25H34BrN3O4S/c1-17(2)14-27-25(31)20(5)28(15-21-8-10-22(26)11-9-21)24(30)16-29(34(6,32)33)23-12-7-18(3)19(4)13-23/h7-13,17,20H,14-16H2,1-6H3,(H,27,31)/t20-/m1/s1. The average molecular weight is 553 g/mol. The van der Waals surface area contributed by atoms with Crippen LogP contribution in [0.15, 0.2) is 46.9 Å². The van der Waals surface area contributed by atoms with Gasteiger partial charge in [-0.15, -0.1) is 0 Å². The molecule has 1 atom stereocenters. The van der Waals surface area contributed by atoms with Gasteiger partial charge in [0.2, 0.25) is 21.8 Å². The van der Waals surface area contributed by atoms with E-state index in [9.17, 15) is 18.0 Å². The first kappa shape index (κ1) is 27.9. The third-order valence-corrected chi connectivity index (χ3v) is 7.24. The van der Waals surface area contributed by atoms with Crippen LogP contribution in [0, 0.1) is 19.8 Å². The molecule has 2 rings (SSSR count). The van der Waals surface area contributed by atoms with Gasteiger partial charge in [0, 0.05) is 17.6 Å². The van der Waals surface area contributed by atoms with E-state index in [4.69, 9.17) is 0 Å². The van der Waals surface area contributed by atoms with Crippen molar-refractivity contribution in [3.63, 3.8) is 0 Å². The van der Waals surface area contributed by atoms with Gasteiger partial charge in [-0.25, -0.2) is 8.42 Å². The molecule has 186 valence electrons. The second kappa shape index (κ2) is 11.8. The molecular weight excluding hydrogens is 518 g/mol. The lowest BCUT2D eigenvalue weighted by atomic mass is 10.1. The van der Waals surface area contributed by atoms with E-state index >= 15 is 0 Å². The third kappa shape index (κ3) is 7.84. The van der Waals surface area contributed by atoms with E-state index in [0.717, 1.165) is 31.7 Å². The summed E-state index contributed by atoms with van der Waals surface area (Å²) >= 11 is 3.40. The van der Waals surface area contributed by atoms with Crippen molar-refractivity contribution in [1.29, 1.82) is 0 Å². The number of carbonyl (C=O) groups excluding carboxylic acids is 2. The predicted octanol–water partition coefficient (Wildman–Crippen LogP) is 4.02. The molecule has 0 aliphatic rings. The van der Waals surface area contributed by atoms with Crippen LogP contribution in [-0.4, -0.2) is 50.5 Å². The Labute approximate surface area is 211 Å². The molecule has 1 N–H and O–H groups in total. The Hall–Kier alpha value is -2.39. The highest BCUT2D eigenvalue weighted by molar-refractivity contribution is 9.10. The third-order valence-electron chi connectivity index (χ3n) is 5.58. The second-order valence-corrected chi connectivity index (χ2v) is 11.8. The topological polar surface area (TPSA) is 86.8 Å². The number of amides is 2. The number of hydrogen-bond donors (Lipinski definition) is 1. The fraction of sp³-hybridized carbons (Fsp3) is 0.440. The lowest BCUT2D eigenvalue weighted by Crippen LogP contribution is -2.51. The molecule has 34 heavy (non-hydrogen) atoms. The monoisotopic (exact) mass is 551 g/mol. The molecule has 0 spiro atoms. The zero-order chi connectivity index (χ0) is 25.6. The zero-order valence-corrected chi connectivity index (χ0v) is 23.0. The number of benzene rings is 2. The van der Waals surface area contributed by atoms with Gasteiger partial charge in [0.05, 0.1) is 11.9 Å². The summed E-state index contributed by atoms with van der Waals surface area (Å²) in [6.07, 6.45) is 1.08. The molecule has 0 aliphatic heterocycles. The molecule has 7 nitrogen and oxygen atoms in total. The van der Waals surface area contributed by atoms with Gasteiger partial charge in [-0.1, -0.05) is 48.0 Å². The van der Waals surface area contributed by atoms with Gasteiger partial charge in [0.15, 0.2) is 0 Å². The molecule has 0 saturated carbocycles. The van der Waals surface area contributed by atoms with Gasteiger partial charge in [-0.2, -0.15) is 0 Å². The minimum atomic E-state index is -3.74. The second-order valence-electron chi connectivity index (χ2n) is 9.00. The predicted molar refractivity (Wildman–Crippen MR) is 140 cm³/mol. The number of anilines is 1. The van der Waals surface area contributed by atoms with Crippen molar-refractivity contribution in [3.05, 3.63) is 63.6 Å². The van der Waals surface area contributed by atoms with Gasteiger partial charge >= 0.3 is 0 Å². The van der Waals surface area contributed by atoms with E-state index in [1.165, 1.54) is 4.90 Å². The lowest BCUT2D eigenvalue weighted by molar-refractivity contribution is -0.139. The average Bonchev–Trinajstić information content (AvgIpc) is 2.76. The van der Waals surface area contributed by atoms with Crippen LogP contribution in [0.3, 0.4) is 0 Å². The van der Waals surface area contributed by atoms with E-state index in [0.29, 0.717) is 12.2 Å². The Morgan fingerprint density at radius 3 is 2.15 bits per heavy atom. The highest BCUT2D eigenvalue weighted by atomic mass is 79.9. The Morgan fingerprint density at radius 1 is 1.00 bits per heavy atom. The Bertz CT molecular complexity index is 1120. The molecule has 0 saturated heterocycles. The van der Waals surface area contributed by atoms with Gasteiger partial charge in [0.25, 0.3) is 0 Å². The number of nitrogens with one attached hydrogen (secondary N) is 1. The van der Waals surface area contributed by atoms with E-state index in [1.807, 2.05) is 58.0 Å². The van der Waals surface area contributed by atoms with Crippen LogP contribution >= 0.6 is 15.9 Å². The van der Waals surface area contributed by atoms with Crippen LogP contribution < -0.4 is 9.62 Å². The van der Waals surface area contributed by atoms with Crippen molar-refractivity contribution < 1.29 is 18.0 Å². The summed E-state index contributed by atoms with van der Waals surface area (Å²) < 4.78 is 27.3. The minimum absolute atomic E-state index is 0.174. The lowest BCUT2D eigenvalue weighted by Gasteiger charge is -2.31. The molecular formula is C25H34BrN3O4S. The Kier molecular flexibility index (Phi) is 9.70. The van der Waals surface area contributed by atoms with Gasteiger partial charge in [-0.05, 0) is 67.6 Å². The van der Waals surface area contributed by atoms with Crippen molar-refractivity contribution in [2.45, 2.75) is 47.2 Å². The molecule has 0 heterocycles. The molecule has 2 aromatic carbocycles. The summed E-state index contributed by atoms with van der Waals surface area (Å²) in [5, 5.41) is 2.87. The minimum Gasteiger partial charge on any atom is -0.354 e. The van der Waals surface area contributed by atoms with Crippen LogP contribution in [0.4, 0.5) is 5.69 Å². The quantitative estimate of drug-likeness (QED) is 0.483. The van der Waals surface area contributed by atoms with Crippen molar-refractivity contribution >= 4 is 43.5 Å². The number of carbonyl (C=O) groups is 2. The summed E-state index contributed by atoms with van der Waals surface area (Å²) in [6, 6.07) is 11.9. The molecule has 2 aromatic rings. The summed E-state index contributed by atoms with van der Waals surface area (Å²) in [4.78, 5) is 27.8. The maximum Gasteiger partial charge on any atom is 0.244 e. The maximum atomic E-state index is 13.5. The van der Waals surface area contributed by atoms with Gasteiger partial charge in [-0.3, -0.25) is 13.9 Å². The first-order valence-electron chi connectivity index (χ1n) is 11.2. The highest BCUT2D eigenvalue weighted by Crippen LogP contribution is 2.22. The Balaban J connectivity index is 2.37. The molecule has 9 heteroatoms. The fourth-order valence-electron chi connectivity index (χ4n) is 3.32. The zero-order valence-electron chi connectivity index (χ0n) is 20.6. The van der Waals surface area contributed by atoms with Crippen LogP contribution in [0.1, 0.15) is 37.5 Å². The number of aryl methyl sites for hydroxylation is 2. The SMILES string of the molecule is Cc1ccc(N(CC(=O)N(Cc2ccc(Br)cc2)[C@H](C)C(=O)NCC(C)C)S(C)(=O)=O)cc1C. The van der Waals surface area contributed by atoms with Crippen LogP contribution in [0.5, 0.6) is 0 Å². The van der Waals surface area contributed by atoms with E-state index in [-0.39, 0.29) is 18.4 Å². The fourth-order valence-corrected chi connectivity index (χ4v) is 4.42. The van der Waals surface area contributed by atoms with Crippen LogP contribution in [0.2, 0.25) is 0 Å². The number of nitrogens with zero attached hydrogens (tertiary/aromatic N) is 2. The molecule has 0 aromatic heterocycles. The number of halogens is 1. The van der Waals surface area contributed by atoms with E-state index < -0.39 is 28.5 Å². The highest BCUT2D eigenvalue weighted by Gasteiger charge is 2.30. The van der Waals surface area contributed by atoms with Crippen LogP contribution in [0.25, 0.3) is 0 Å². The number of hydrogen-bond acceptors (Lipinski definition) is 4. The number of rotatable bonds is 10. The van der Waals surface area contributed by atoms with E-state index in [2.05, 4.69) is 21.2 Å². The molecule has 0 fully saturated rings. The Morgan fingerprint density at radius 2 is 1.62 bits per heavy atom. The smallest absolute Gasteiger partial charge is 0.244 e. The normalized spacial score (nSPS) is 12.4. The molecule has 0 aliphatic carbocycles. The van der Waals surface area contributed by atoms with Crippen molar-refractivity contribution in [1.82, 2.24) is 10.2 Å².